The first-order valence-electron chi connectivity index (χ1n) is 7.42. The zero-order valence-corrected chi connectivity index (χ0v) is 15.0. The number of nitrogens with zero attached hydrogens (tertiary/aromatic N) is 2. The molecule has 0 spiro atoms. The molecule has 1 N–H and O–H groups in total. The molecule has 1 heterocycles. The zero-order chi connectivity index (χ0) is 18.1. The van der Waals surface area contributed by atoms with Crippen molar-refractivity contribution in [2.75, 3.05) is 5.32 Å². The highest BCUT2D eigenvalue weighted by Gasteiger charge is 2.16. The number of anilines is 1. The summed E-state index contributed by atoms with van der Waals surface area (Å²) in [4.78, 5) is 12.4. The third-order valence-electron chi connectivity index (χ3n) is 3.75. The number of amides is 1. The lowest BCUT2D eigenvalue weighted by molar-refractivity contribution is 0.102. The molecule has 3 rings (SSSR count). The largest absolute Gasteiger partial charge is 0.319 e. The van der Waals surface area contributed by atoms with Crippen molar-refractivity contribution in [1.82, 2.24) is 9.78 Å². The van der Waals surface area contributed by atoms with E-state index in [1.165, 1.54) is 6.07 Å². The maximum absolute atomic E-state index is 13.4. The first-order valence-corrected chi connectivity index (χ1v) is 8.17. The van der Waals surface area contributed by atoms with Crippen LogP contribution in [0.4, 0.5) is 10.1 Å². The number of aromatic nitrogens is 2. The van der Waals surface area contributed by atoms with E-state index in [4.69, 9.17) is 23.2 Å². The lowest BCUT2D eigenvalue weighted by Gasteiger charge is -2.05. The summed E-state index contributed by atoms with van der Waals surface area (Å²) in [6, 6.07) is 11.2. The maximum Gasteiger partial charge on any atom is 0.276 e. The molecule has 0 aliphatic carbocycles. The molecule has 2 aromatic carbocycles. The van der Waals surface area contributed by atoms with Gasteiger partial charge in [-0.25, -0.2) is 4.39 Å². The minimum atomic E-state index is -0.398. The van der Waals surface area contributed by atoms with Crippen LogP contribution in [0.15, 0.2) is 42.5 Å². The summed E-state index contributed by atoms with van der Waals surface area (Å²) < 4.78 is 15.0. The van der Waals surface area contributed by atoms with Gasteiger partial charge in [0.05, 0.1) is 16.4 Å². The molecule has 25 heavy (non-hydrogen) atoms. The number of hydrogen-bond donors (Lipinski definition) is 1. The van der Waals surface area contributed by atoms with Crippen molar-refractivity contribution < 1.29 is 9.18 Å². The Labute approximate surface area is 154 Å². The van der Waals surface area contributed by atoms with Crippen molar-refractivity contribution in [2.24, 2.45) is 7.05 Å². The van der Waals surface area contributed by atoms with E-state index in [-0.39, 0.29) is 11.5 Å². The Kier molecular flexibility index (Phi) is 4.79. The van der Waals surface area contributed by atoms with Crippen LogP contribution < -0.4 is 5.32 Å². The minimum absolute atomic E-state index is 0.227. The second kappa shape index (κ2) is 6.86. The van der Waals surface area contributed by atoms with E-state index < -0.39 is 5.91 Å². The number of carbonyl (C=O) groups is 1. The van der Waals surface area contributed by atoms with Gasteiger partial charge in [0.15, 0.2) is 5.69 Å². The maximum atomic E-state index is 13.4. The highest BCUT2D eigenvalue weighted by atomic mass is 35.5. The average Bonchev–Trinajstić information content (AvgIpc) is 2.95. The van der Waals surface area contributed by atoms with Gasteiger partial charge < -0.3 is 5.32 Å². The Bertz CT molecular complexity index is 969. The summed E-state index contributed by atoms with van der Waals surface area (Å²) in [6.45, 7) is 1.69. The number of aryl methyl sites for hydroxylation is 2. The number of hydrogen-bond acceptors (Lipinski definition) is 2. The standard InChI is InChI=1S/C18H14Cl2FN3O/c1-10-7-11(3-5-14(10)21)17-9-16(23-24(17)2)18(25)22-15-6-4-12(19)8-13(15)20/h3-9H,1-2H3,(H,22,25). The van der Waals surface area contributed by atoms with Gasteiger partial charge in [0.2, 0.25) is 0 Å². The molecule has 4 nitrogen and oxygen atoms in total. The van der Waals surface area contributed by atoms with Crippen LogP contribution in [0.25, 0.3) is 11.3 Å². The molecular weight excluding hydrogens is 364 g/mol. The first-order chi connectivity index (χ1) is 11.8. The van der Waals surface area contributed by atoms with Gasteiger partial charge in [-0.1, -0.05) is 23.2 Å². The van der Waals surface area contributed by atoms with E-state index in [1.54, 1.807) is 55.1 Å². The van der Waals surface area contributed by atoms with Crippen molar-refractivity contribution in [3.63, 3.8) is 0 Å². The smallest absolute Gasteiger partial charge is 0.276 e. The van der Waals surface area contributed by atoms with Crippen LogP contribution in [0.3, 0.4) is 0 Å². The van der Waals surface area contributed by atoms with Crippen molar-refractivity contribution >= 4 is 34.8 Å². The van der Waals surface area contributed by atoms with E-state index in [9.17, 15) is 9.18 Å². The molecule has 0 fully saturated rings. The summed E-state index contributed by atoms with van der Waals surface area (Å²) in [5.74, 6) is -0.675. The Balaban J connectivity index is 1.88. The predicted octanol–water partition coefficient (Wildman–Crippen LogP) is 5.09. The van der Waals surface area contributed by atoms with E-state index in [1.807, 2.05) is 0 Å². The SMILES string of the molecule is Cc1cc(-c2cc(C(=O)Nc3ccc(Cl)cc3Cl)nn2C)ccc1F. The second-order valence-corrected chi connectivity index (χ2v) is 6.42. The molecule has 0 atom stereocenters. The third-order valence-corrected chi connectivity index (χ3v) is 4.29. The van der Waals surface area contributed by atoms with Gasteiger partial charge in [0.1, 0.15) is 5.82 Å². The lowest BCUT2D eigenvalue weighted by Crippen LogP contribution is -2.13. The van der Waals surface area contributed by atoms with Gasteiger partial charge in [0.25, 0.3) is 5.91 Å². The fourth-order valence-electron chi connectivity index (χ4n) is 2.43. The van der Waals surface area contributed by atoms with Gasteiger partial charge in [-0.2, -0.15) is 5.10 Å². The summed E-state index contributed by atoms with van der Waals surface area (Å²) in [5.41, 5.74) is 2.68. The summed E-state index contributed by atoms with van der Waals surface area (Å²) in [6.07, 6.45) is 0. The number of carbonyl (C=O) groups excluding carboxylic acids is 1. The van der Waals surface area contributed by atoms with Crippen molar-refractivity contribution in [3.05, 3.63) is 69.6 Å². The highest BCUT2D eigenvalue weighted by molar-refractivity contribution is 6.36. The quantitative estimate of drug-likeness (QED) is 0.690. The van der Waals surface area contributed by atoms with E-state index in [0.717, 1.165) is 5.56 Å². The van der Waals surface area contributed by atoms with Gasteiger partial charge >= 0.3 is 0 Å². The summed E-state index contributed by atoms with van der Waals surface area (Å²) in [5, 5.41) is 7.75. The van der Waals surface area contributed by atoms with Crippen LogP contribution in [0.2, 0.25) is 10.0 Å². The number of rotatable bonds is 3. The molecule has 7 heteroatoms. The molecule has 0 aliphatic rings. The Hall–Kier alpha value is -2.37. The summed E-state index contributed by atoms with van der Waals surface area (Å²) >= 11 is 11.9. The minimum Gasteiger partial charge on any atom is -0.319 e. The normalized spacial score (nSPS) is 10.8. The Morgan fingerprint density at radius 2 is 1.92 bits per heavy atom. The molecule has 128 valence electrons. The van der Waals surface area contributed by atoms with Crippen LogP contribution >= 0.6 is 23.2 Å². The van der Waals surface area contributed by atoms with Crippen LogP contribution in [0, 0.1) is 12.7 Å². The van der Waals surface area contributed by atoms with Crippen LogP contribution in [0.5, 0.6) is 0 Å². The third kappa shape index (κ3) is 3.67. The fourth-order valence-corrected chi connectivity index (χ4v) is 2.89. The predicted molar refractivity (Wildman–Crippen MR) is 97.8 cm³/mol. The molecule has 1 aromatic heterocycles. The van der Waals surface area contributed by atoms with E-state index >= 15 is 0 Å². The van der Waals surface area contributed by atoms with Crippen molar-refractivity contribution in [2.45, 2.75) is 6.92 Å². The van der Waals surface area contributed by atoms with Crippen LogP contribution in [-0.2, 0) is 7.05 Å². The molecule has 0 saturated carbocycles. The molecule has 0 radical (unpaired) electrons. The lowest BCUT2D eigenvalue weighted by atomic mass is 10.1. The number of nitrogens with one attached hydrogen (secondary N) is 1. The topological polar surface area (TPSA) is 46.9 Å². The highest BCUT2D eigenvalue weighted by Crippen LogP contribution is 2.27. The first kappa shape index (κ1) is 17.5. The molecule has 1 amide bonds. The van der Waals surface area contributed by atoms with Gasteiger partial charge in [-0.3, -0.25) is 9.48 Å². The van der Waals surface area contributed by atoms with Gasteiger partial charge in [-0.15, -0.1) is 0 Å². The van der Waals surface area contributed by atoms with Gasteiger partial charge in [-0.05, 0) is 55.0 Å². The van der Waals surface area contributed by atoms with E-state index in [0.29, 0.717) is 27.0 Å². The average molecular weight is 378 g/mol. The Morgan fingerprint density at radius 1 is 1.16 bits per heavy atom. The molecule has 0 bridgehead atoms. The van der Waals surface area contributed by atoms with Gasteiger partial charge in [0, 0.05) is 17.6 Å². The zero-order valence-electron chi connectivity index (χ0n) is 13.5. The fraction of sp³-hybridized carbons (Fsp3) is 0.111. The molecular formula is C18H14Cl2FN3O. The monoisotopic (exact) mass is 377 g/mol. The molecule has 3 aromatic rings. The second-order valence-electron chi connectivity index (χ2n) is 5.58. The Morgan fingerprint density at radius 3 is 2.60 bits per heavy atom. The molecule has 0 saturated heterocycles. The van der Waals surface area contributed by atoms with Crippen LogP contribution in [0.1, 0.15) is 16.1 Å². The molecule has 0 aliphatic heterocycles. The number of halogens is 3. The number of benzene rings is 2. The molecule has 0 unspecified atom stereocenters. The van der Waals surface area contributed by atoms with Crippen LogP contribution in [-0.4, -0.2) is 15.7 Å². The summed E-state index contributed by atoms with van der Waals surface area (Å²) in [7, 11) is 1.72. The van der Waals surface area contributed by atoms with Crippen molar-refractivity contribution in [3.8, 4) is 11.3 Å². The van der Waals surface area contributed by atoms with E-state index in [2.05, 4.69) is 10.4 Å². The van der Waals surface area contributed by atoms with Crippen molar-refractivity contribution in [1.29, 1.82) is 0 Å².